The van der Waals surface area contributed by atoms with E-state index in [-0.39, 0.29) is 5.38 Å². The van der Waals surface area contributed by atoms with Crippen molar-refractivity contribution in [2.45, 2.75) is 57.7 Å². The van der Waals surface area contributed by atoms with Gasteiger partial charge in [-0.2, -0.15) is 0 Å². The summed E-state index contributed by atoms with van der Waals surface area (Å²) < 4.78 is 0. The minimum absolute atomic E-state index is 0.261. The van der Waals surface area contributed by atoms with Gasteiger partial charge in [0.1, 0.15) is 0 Å². The Morgan fingerprint density at radius 1 is 1.17 bits per heavy atom. The van der Waals surface area contributed by atoms with Crippen molar-refractivity contribution < 1.29 is 0 Å². The summed E-state index contributed by atoms with van der Waals surface area (Å²) >= 11 is 6.01. The SMILES string of the molecule is CC=CC(Cl)CCCCCCC. The fourth-order valence-electron chi connectivity index (χ4n) is 1.25. The molecule has 0 nitrogen and oxygen atoms in total. The van der Waals surface area contributed by atoms with Crippen molar-refractivity contribution in [3.05, 3.63) is 12.2 Å². The quantitative estimate of drug-likeness (QED) is 0.313. The highest BCUT2D eigenvalue weighted by Crippen LogP contribution is 2.11. The summed E-state index contributed by atoms with van der Waals surface area (Å²) in [5, 5.41) is 0.261. The van der Waals surface area contributed by atoms with Crippen molar-refractivity contribution in [2.75, 3.05) is 0 Å². The molecule has 0 aromatic rings. The number of allylic oxidation sites excluding steroid dienone is 2. The Hall–Kier alpha value is 0.0300. The zero-order valence-electron chi connectivity index (χ0n) is 8.35. The maximum absolute atomic E-state index is 6.01. The lowest BCUT2D eigenvalue weighted by Crippen LogP contribution is -1.92. The fourth-order valence-corrected chi connectivity index (χ4v) is 1.55. The molecule has 1 unspecified atom stereocenters. The third-order valence-electron chi connectivity index (χ3n) is 1.98. The molecule has 0 N–H and O–H groups in total. The second-order valence-electron chi connectivity index (χ2n) is 3.24. The summed E-state index contributed by atoms with van der Waals surface area (Å²) in [6.07, 6.45) is 11.9. The van der Waals surface area contributed by atoms with Crippen molar-refractivity contribution in [3.63, 3.8) is 0 Å². The molecule has 0 aliphatic rings. The molecular weight excluding hydrogens is 168 g/mol. The van der Waals surface area contributed by atoms with Crippen molar-refractivity contribution >= 4 is 11.6 Å². The second-order valence-corrected chi connectivity index (χ2v) is 3.81. The predicted molar refractivity (Wildman–Crippen MR) is 57.8 cm³/mol. The summed E-state index contributed by atoms with van der Waals surface area (Å²) in [5.41, 5.74) is 0. The van der Waals surface area contributed by atoms with E-state index < -0.39 is 0 Å². The van der Waals surface area contributed by atoms with Crippen molar-refractivity contribution in [1.82, 2.24) is 0 Å². The lowest BCUT2D eigenvalue weighted by Gasteiger charge is -2.02. The third kappa shape index (κ3) is 8.13. The molecule has 12 heavy (non-hydrogen) atoms. The zero-order chi connectivity index (χ0) is 9.23. The number of hydrogen-bond donors (Lipinski definition) is 0. The van der Waals surface area contributed by atoms with Crippen molar-refractivity contribution in [3.8, 4) is 0 Å². The molecule has 0 aromatic heterocycles. The molecule has 0 amide bonds. The van der Waals surface area contributed by atoms with E-state index in [9.17, 15) is 0 Å². The summed E-state index contributed by atoms with van der Waals surface area (Å²) in [4.78, 5) is 0. The molecule has 0 radical (unpaired) electrons. The molecule has 0 aliphatic heterocycles. The molecule has 0 aliphatic carbocycles. The monoisotopic (exact) mass is 188 g/mol. The minimum atomic E-state index is 0.261. The molecule has 0 saturated heterocycles. The number of hydrogen-bond acceptors (Lipinski definition) is 0. The van der Waals surface area contributed by atoms with Gasteiger partial charge in [-0.1, -0.05) is 51.2 Å². The van der Waals surface area contributed by atoms with Crippen molar-refractivity contribution in [2.24, 2.45) is 0 Å². The fraction of sp³-hybridized carbons (Fsp3) is 0.818. The lowest BCUT2D eigenvalue weighted by atomic mass is 10.1. The van der Waals surface area contributed by atoms with Crippen LogP contribution in [0.2, 0.25) is 0 Å². The first-order chi connectivity index (χ1) is 5.81. The Balaban J connectivity index is 3.08. The molecule has 0 rings (SSSR count). The minimum Gasteiger partial charge on any atom is -0.118 e. The van der Waals surface area contributed by atoms with E-state index in [2.05, 4.69) is 13.0 Å². The first-order valence-electron chi connectivity index (χ1n) is 5.08. The van der Waals surface area contributed by atoms with Crippen LogP contribution in [0.4, 0.5) is 0 Å². The van der Waals surface area contributed by atoms with Gasteiger partial charge in [-0.15, -0.1) is 11.6 Å². The van der Waals surface area contributed by atoms with Gasteiger partial charge < -0.3 is 0 Å². The molecule has 0 heterocycles. The van der Waals surface area contributed by atoms with Crippen LogP contribution in [0.15, 0.2) is 12.2 Å². The Bertz CT molecular complexity index is 108. The van der Waals surface area contributed by atoms with E-state index in [0.717, 1.165) is 6.42 Å². The van der Waals surface area contributed by atoms with E-state index in [4.69, 9.17) is 11.6 Å². The van der Waals surface area contributed by atoms with Crippen LogP contribution in [-0.2, 0) is 0 Å². The molecule has 0 fully saturated rings. The number of alkyl halides is 1. The van der Waals surface area contributed by atoms with E-state index in [1.165, 1.54) is 32.1 Å². The largest absolute Gasteiger partial charge is 0.118 e. The van der Waals surface area contributed by atoms with Gasteiger partial charge in [0.2, 0.25) is 0 Å². The average Bonchev–Trinajstić information content (AvgIpc) is 2.05. The first kappa shape index (κ1) is 12.0. The summed E-state index contributed by atoms with van der Waals surface area (Å²) in [5.74, 6) is 0. The first-order valence-corrected chi connectivity index (χ1v) is 5.51. The average molecular weight is 189 g/mol. The van der Waals surface area contributed by atoms with Gasteiger partial charge in [-0.25, -0.2) is 0 Å². The topological polar surface area (TPSA) is 0 Å². The van der Waals surface area contributed by atoms with Crippen LogP contribution in [0, 0.1) is 0 Å². The van der Waals surface area contributed by atoms with Crippen LogP contribution < -0.4 is 0 Å². The third-order valence-corrected chi connectivity index (χ3v) is 2.35. The van der Waals surface area contributed by atoms with E-state index in [1.807, 2.05) is 13.0 Å². The maximum atomic E-state index is 6.01. The highest BCUT2D eigenvalue weighted by Gasteiger charge is 1.97. The van der Waals surface area contributed by atoms with Gasteiger partial charge in [-0.05, 0) is 13.3 Å². The Morgan fingerprint density at radius 2 is 1.83 bits per heavy atom. The van der Waals surface area contributed by atoms with Crippen LogP contribution in [-0.4, -0.2) is 5.38 Å². The van der Waals surface area contributed by atoms with Crippen LogP contribution in [0.5, 0.6) is 0 Å². The zero-order valence-corrected chi connectivity index (χ0v) is 9.11. The number of rotatable bonds is 7. The molecule has 72 valence electrons. The van der Waals surface area contributed by atoms with Crippen LogP contribution in [0.3, 0.4) is 0 Å². The van der Waals surface area contributed by atoms with E-state index in [1.54, 1.807) is 0 Å². The van der Waals surface area contributed by atoms with E-state index >= 15 is 0 Å². The second kappa shape index (κ2) is 9.12. The van der Waals surface area contributed by atoms with Gasteiger partial charge in [0.05, 0.1) is 5.38 Å². The van der Waals surface area contributed by atoms with Gasteiger partial charge >= 0.3 is 0 Å². The summed E-state index contributed by atoms with van der Waals surface area (Å²) in [6.45, 7) is 4.26. The highest BCUT2D eigenvalue weighted by molar-refractivity contribution is 6.21. The summed E-state index contributed by atoms with van der Waals surface area (Å²) in [6, 6.07) is 0. The van der Waals surface area contributed by atoms with Gasteiger partial charge in [0.25, 0.3) is 0 Å². The van der Waals surface area contributed by atoms with Crippen LogP contribution >= 0.6 is 11.6 Å². The standard InChI is InChI=1S/C11H21Cl/c1-3-5-6-7-8-10-11(12)9-4-2/h4,9,11H,3,5-8,10H2,1-2H3. The van der Waals surface area contributed by atoms with Crippen LogP contribution in [0.1, 0.15) is 52.4 Å². The smallest absolute Gasteiger partial charge is 0.0515 e. The molecular formula is C11H21Cl. The lowest BCUT2D eigenvalue weighted by molar-refractivity contribution is 0.613. The predicted octanol–water partition coefficient (Wildman–Crippen LogP) is 4.53. The molecule has 1 atom stereocenters. The summed E-state index contributed by atoms with van der Waals surface area (Å²) in [7, 11) is 0. The number of unbranched alkanes of at least 4 members (excludes halogenated alkanes) is 4. The van der Waals surface area contributed by atoms with Gasteiger partial charge in [-0.3, -0.25) is 0 Å². The van der Waals surface area contributed by atoms with Crippen molar-refractivity contribution in [1.29, 1.82) is 0 Å². The maximum Gasteiger partial charge on any atom is 0.0515 e. The van der Waals surface area contributed by atoms with Crippen LogP contribution in [0.25, 0.3) is 0 Å². The van der Waals surface area contributed by atoms with Gasteiger partial charge in [0.15, 0.2) is 0 Å². The van der Waals surface area contributed by atoms with Gasteiger partial charge in [0, 0.05) is 0 Å². The molecule has 0 bridgehead atoms. The molecule has 0 spiro atoms. The van der Waals surface area contributed by atoms with E-state index in [0.29, 0.717) is 0 Å². The number of halogens is 1. The normalized spacial score (nSPS) is 13.9. The molecule has 1 heteroatoms. The Labute approximate surface area is 82.0 Å². The molecule has 0 saturated carbocycles. The highest BCUT2D eigenvalue weighted by atomic mass is 35.5. The Kier molecular flexibility index (Phi) is 9.14. The molecule has 0 aromatic carbocycles. The Morgan fingerprint density at radius 3 is 2.42 bits per heavy atom.